The van der Waals surface area contributed by atoms with Gasteiger partial charge in [0.25, 0.3) is 0 Å². The topological polar surface area (TPSA) is 74.3 Å². The van der Waals surface area contributed by atoms with E-state index in [1.54, 1.807) is 18.9 Å². The molecule has 114 valence electrons. The molecule has 1 unspecified atom stereocenters. The van der Waals surface area contributed by atoms with Gasteiger partial charge in [0.05, 0.1) is 31.5 Å². The number of aromatic nitrogens is 2. The molecule has 1 aromatic heterocycles. The first-order valence-corrected chi connectivity index (χ1v) is 6.85. The van der Waals surface area contributed by atoms with Crippen LogP contribution in [-0.2, 0) is 13.5 Å². The standard InChI is InChI=1S/C15H22N4O2/c1-5-11-10(9-19(2)18-11)15(17-16)14-12(20-3)7-6-8-13(14)21-4/h6-9,15,17H,5,16H2,1-4H3. The summed E-state index contributed by atoms with van der Waals surface area (Å²) in [5, 5.41) is 4.47. The number of rotatable bonds is 6. The van der Waals surface area contributed by atoms with Crippen molar-refractivity contribution in [2.75, 3.05) is 14.2 Å². The molecule has 1 aromatic carbocycles. The predicted molar refractivity (Wildman–Crippen MR) is 81.3 cm³/mol. The smallest absolute Gasteiger partial charge is 0.127 e. The maximum Gasteiger partial charge on any atom is 0.127 e. The van der Waals surface area contributed by atoms with Crippen LogP contribution in [0.3, 0.4) is 0 Å². The van der Waals surface area contributed by atoms with Crippen molar-refractivity contribution in [3.05, 3.63) is 41.2 Å². The van der Waals surface area contributed by atoms with Crippen LogP contribution in [0.25, 0.3) is 0 Å². The highest BCUT2D eigenvalue weighted by atomic mass is 16.5. The van der Waals surface area contributed by atoms with Crippen LogP contribution in [0.2, 0.25) is 0 Å². The average molecular weight is 290 g/mol. The second-order valence-electron chi connectivity index (χ2n) is 4.73. The highest BCUT2D eigenvalue weighted by Crippen LogP contribution is 2.37. The molecule has 6 nitrogen and oxygen atoms in total. The first kappa shape index (κ1) is 15.3. The van der Waals surface area contributed by atoms with Crippen molar-refractivity contribution in [3.63, 3.8) is 0 Å². The van der Waals surface area contributed by atoms with Crippen molar-refractivity contribution in [2.24, 2.45) is 12.9 Å². The fourth-order valence-corrected chi connectivity index (χ4v) is 2.56. The number of benzene rings is 1. The van der Waals surface area contributed by atoms with Crippen LogP contribution in [0.5, 0.6) is 11.5 Å². The van der Waals surface area contributed by atoms with Gasteiger partial charge in [-0.3, -0.25) is 10.5 Å². The summed E-state index contributed by atoms with van der Waals surface area (Å²) in [5.74, 6) is 7.27. The second-order valence-corrected chi connectivity index (χ2v) is 4.73. The SMILES string of the molecule is CCc1nn(C)cc1C(NN)c1c(OC)cccc1OC. The minimum Gasteiger partial charge on any atom is -0.496 e. The second kappa shape index (κ2) is 6.60. The van der Waals surface area contributed by atoms with Gasteiger partial charge < -0.3 is 9.47 Å². The summed E-state index contributed by atoms with van der Waals surface area (Å²) in [4.78, 5) is 0. The molecule has 0 aliphatic carbocycles. The number of hydrogen-bond donors (Lipinski definition) is 2. The average Bonchev–Trinajstić information content (AvgIpc) is 2.89. The van der Waals surface area contributed by atoms with Gasteiger partial charge in [0.2, 0.25) is 0 Å². The number of ether oxygens (including phenoxy) is 2. The molecule has 0 saturated heterocycles. The molecule has 2 aromatic rings. The normalized spacial score (nSPS) is 12.2. The van der Waals surface area contributed by atoms with E-state index in [-0.39, 0.29) is 6.04 Å². The lowest BCUT2D eigenvalue weighted by Crippen LogP contribution is -2.30. The van der Waals surface area contributed by atoms with Crippen molar-refractivity contribution in [1.29, 1.82) is 0 Å². The Bertz CT molecular complexity index is 587. The number of hydrazine groups is 1. The lowest BCUT2D eigenvalue weighted by Gasteiger charge is -2.21. The molecule has 1 heterocycles. The van der Waals surface area contributed by atoms with Gasteiger partial charge in [-0.05, 0) is 18.6 Å². The van der Waals surface area contributed by atoms with Crippen LogP contribution < -0.4 is 20.7 Å². The van der Waals surface area contributed by atoms with Gasteiger partial charge >= 0.3 is 0 Å². The Morgan fingerprint density at radius 3 is 2.38 bits per heavy atom. The number of hydrogen-bond acceptors (Lipinski definition) is 5. The van der Waals surface area contributed by atoms with Crippen molar-refractivity contribution >= 4 is 0 Å². The third kappa shape index (κ3) is 2.86. The van der Waals surface area contributed by atoms with Crippen LogP contribution in [0, 0.1) is 0 Å². The van der Waals surface area contributed by atoms with Gasteiger partial charge in [0.1, 0.15) is 11.5 Å². The minimum atomic E-state index is -0.250. The summed E-state index contributed by atoms with van der Waals surface area (Å²) in [6.45, 7) is 2.07. The Morgan fingerprint density at radius 1 is 1.29 bits per heavy atom. The van der Waals surface area contributed by atoms with E-state index < -0.39 is 0 Å². The van der Waals surface area contributed by atoms with E-state index >= 15 is 0 Å². The first-order valence-electron chi connectivity index (χ1n) is 6.85. The van der Waals surface area contributed by atoms with Crippen LogP contribution >= 0.6 is 0 Å². The molecule has 0 aliphatic heterocycles. The van der Waals surface area contributed by atoms with Gasteiger partial charge in [-0.1, -0.05) is 13.0 Å². The van der Waals surface area contributed by atoms with E-state index in [1.807, 2.05) is 31.4 Å². The quantitative estimate of drug-likeness (QED) is 0.624. The zero-order chi connectivity index (χ0) is 15.4. The molecule has 3 N–H and O–H groups in total. The Kier molecular flexibility index (Phi) is 4.82. The van der Waals surface area contributed by atoms with Crippen LogP contribution in [0.1, 0.15) is 29.8 Å². The van der Waals surface area contributed by atoms with E-state index in [2.05, 4.69) is 17.4 Å². The lowest BCUT2D eigenvalue weighted by atomic mass is 9.97. The van der Waals surface area contributed by atoms with Crippen LogP contribution in [-0.4, -0.2) is 24.0 Å². The summed E-state index contributed by atoms with van der Waals surface area (Å²) in [5.41, 5.74) is 5.74. The summed E-state index contributed by atoms with van der Waals surface area (Å²) < 4.78 is 12.7. The molecule has 0 saturated carbocycles. The summed E-state index contributed by atoms with van der Waals surface area (Å²) in [6.07, 6.45) is 2.79. The van der Waals surface area contributed by atoms with Crippen molar-refractivity contribution in [3.8, 4) is 11.5 Å². The maximum absolute atomic E-state index is 5.82. The maximum atomic E-state index is 5.82. The molecule has 0 fully saturated rings. The number of aryl methyl sites for hydroxylation is 2. The van der Waals surface area contributed by atoms with Gasteiger partial charge in [-0.15, -0.1) is 0 Å². The molecule has 1 atom stereocenters. The van der Waals surface area contributed by atoms with Crippen molar-refractivity contribution in [1.82, 2.24) is 15.2 Å². The summed E-state index contributed by atoms with van der Waals surface area (Å²) in [7, 11) is 5.17. The van der Waals surface area contributed by atoms with E-state index in [0.717, 1.165) is 34.7 Å². The fourth-order valence-electron chi connectivity index (χ4n) is 2.56. The molecule has 0 aliphatic rings. The Morgan fingerprint density at radius 2 is 1.90 bits per heavy atom. The van der Waals surface area contributed by atoms with E-state index in [9.17, 15) is 0 Å². The van der Waals surface area contributed by atoms with Crippen molar-refractivity contribution < 1.29 is 9.47 Å². The fraction of sp³-hybridized carbons (Fsp3) is 0.400. The molecular formula is C15H22N4O2. The highest BCUT2D eigenvalue weighted by Gasteiger charge is 2.25. The third-order valence-electron chi connectivity index (χ3n) is 3.50. The van der Waals surface area contributed by atoms with E-state index in [1.165, 1.54) is 0 Å². The molecule has 2 rings (SSSR count). The van der Waals surface area contributed by atoms with Crippen LogP contribution in [0.4, 0.5) is 0 Å². The van der Waals surface area contributed by atoms with E-state index in [4.69, 9.17) is 15.3 Å². The van der Waals surface area contributed by atoms with Gasteiger partial charge in [-0.2, -0.15) is 5.10 Å². The van der Waals surface area contributed by atoms with Crippen LogP contribution in [0.15, 0.2) is 24.4 Å². The van der Waals surface area contributed by atoms with Gasteiger partial charge in [0.15, 0.2) is 0 Å². The zero-order valence-electron chi connectivity index (χ0n) is 12.9. The van der Waals surface area contributed by atoms with Crippen molar-refractivity contribution in [2.45, 2.75) is 19.4 Å². The predicted octanol–water partition coefficient (Wildman–Crippen LogP) is 1.55. The monoisotopic (exact) mass is 290 g/mol. The Balaban J connectivity index is 2.60. The zero-order valence-corrected chi connectivity index (χ0v) is 12.9. The molecule has 6 heteroatoms. The number of methoxy groups -OCH3 is 2. The van der Waals surface area contributed by atoms with Gasteiger partial charge in [0, 0.05) is 18.8 Å². The lowest BCUT2D eigenvalue weighted by molar-refractivity contribution is 0.377. The molecule has 21 heavy (non-hydrogen) atoms. The molecule has 0 amide bonds. The summed E-state index contributed by atoms with van der Waals surface area (Å²) >= 11 is 0. The largest absolute Gasteiger partial charge is 0.496 e. The molecule has 0 radical (unpaired) electrons. The number of nitrogens with one attached hydrogen (secondary N) is 1. The third-order valence-corrected chi connectivity index (χ3v) is 3.50. The van der Waals surface area contributed by atoms with Gasteiger partial charge in [-0.25, -0.2) is 5.43 Å². The molecule has 0 spiro atoms. The number of nitrogens with two attached hydrogens (primary N) is 1. The van der Waals surface area contributed by atoms with E-state index in [0.29, 0.717) is 0 Å². The number of nitrogens with zero attached hydrogens (tertiary/aromatic N) is 2. The first-order chi connectivity index (χ1) is 10.2. The Labute approximate surface area is 124 Å². The Hall–Kier alpha value is -2.05. The minimum absolute atomic E-state index is 0.250. The highest BCUT2D eigenvalue weighted by molar-refractivity contribution is 5.51. The summed E-state index contributed by atoms with van der Waals surface area (Å²) in [6, 6.07) is 5.42. The molecule has 0 bridgehead atoms. The molecular weight excluding hydrogens is 268 g/mol.